The Morgan fingerprint density at radius 3 is 2.90 bits per heavy atom. The molecule has 1 aromatic rings. The average Bonchev–Trinajstić information content (AvgIpc) is 2.96. The van der Waals surface area contributed by atoms with Crippen molar-refractivity contribution < 1.29 is 14.3 Å². The molecular formula is C14H19N3O3S. The summed E-state index contributed by atoms with van der Waals surface area (Å²) in [5.41, 5.74) is 0.426. The third kappa shape index (κ3) is 3.59. The Bertz CT molecular complexity index is 535. The quantitative estimate of drug-likeness (QED) is 0.899. The zero-order chi connectivity index (χ0) is 14.8. The highest BCUT2D eigenvalue weighted by Gasteiger charge is 2.36. The topological polar surface area (TPSA) is 71.5 Å². The van der Waals surface area contributed by atoms with Crippen LogP contribution in [0.1, 0.15) is 36.7 Å². The Hall–Kier alpha value is -1.47. The first-order valence-electron chi connectivity index (χ1n) is 7.25. The summed E-state index contributed by atoms with van der Waals surface area (Å²) >= 11 is 1.28. The monoisotopic (exact) mass is 309 g/mol. The molecule has 7 heteroatoms. The summed E-state index contributed by atoms with van der Waals surface area (Å²) < 4.78 is 5.39. The van der Waals surface area contributed by atoms with E-state index in [9.17, 15) is 9.59 Å². The summed E-state index contributed by atoms with van der Waals surface area (Å²) in [6.45, 7) is 3.71. The van der Waals surface area contributed by atoms with Gasteiger partial charge in [-0.1, -0.05) is 0 Å². The van der Waals surface area contributed by atoms with Crippen molar-refractivity contribution in [2.24, 2.45) is 5.92 Å². The Balaban J connectivity index is 1.68. The maximum absolute atomic E-state index is 12.6. The van der Waals surface area contributed by atoms with Crippen LogP contribution in [0.4, 0.5) is 5.13 Å². The second-order valence-corrected chi connectivity index (χ2v) is 6.50. The third-order valence-corrected chi connectivity index (χ3v) is 4.49. The summed E-state index contributed by atoms with van der Waals surface area (Å²) in [4.78, 5) is 29.8. The van der Waals surface area contributed by atoms with Crippen molar-refractivity contribution in [1.82, 2.24) is 9.88 Å². The van der Waals surface area contributed by atoms with E-state index in [4.69, 9.17) is 4.74 Å². The highest BCUT2D eigenvalue weighted by atomic mass is 32.1. The average molecular weight is 309 g/mol. The molecule has 2 aliphatic rings. The van der Waals surface area contributed by atoms with Crippen LogP contribution >= 0.6 is 11.3 Å². The zero-order valence-electron chi connectivity index (χ0n) is 12.0. The van der Waals surface area contributed by atoms with Crippen LogP contribution in [-0.4, -0.2) is 47.5 Å². The van der Waals surface area contributed by atoms with Crippen molar-refractivity contribution in [3.63, 3.8) is 0 Å². The SMILES string of the molecule is CC(=O)Nc1nc(C(=O)N(C[C@@H]2CCOC2)C2CC2)cs1. The molecule has 114 valence electrons. The molecule has 6 nitrogen and oxygen atoms in total. The van der Waals surface area contributed by atoms with Crippen LogP contribution in [0.15, 0.2) is 5.38 Å². The van der Waals surface area contributed by atoms with Gasteiger partial charge in [-0.15, -0.1) is 11.3 Å². The fourth-order valence-electron chi connectivity index (χ4n) is 2.52. The van der Waals surface area contributed by atoms with Crippen molar-refractivity contribution in [1.29, 1.82) is 0 Å². The van der Waals surface area contributed by atoms with Crippen molar-refractivity contribution in [3.05, 3.63) is 11.1 Å². The molecule has 1 N–H and O–H groups in total. The van der Waals surface area contributed by atoms with E-state index in [1.54, 1.807) is 5.38 Å². The lowest BCUT2D eigenvalue weighted by Crippen LogP contribution is -2.37. The number of nitrogens with one attached hydrogen (secondary N) is 1. The number of carbonyl (C=O) groups excluding carboxylic acids is 2. The van der Waals surface area contributed by atoms with E-state index in [-0.39, 0.29) is 11.8 Å². The van der Waals surface area contributed by atoms with Crippen LogP contribution in [0.25, 0.3) is 0 Å². The van der Waals surface area contributed by atoms with Gasteiger partial charge in [0.2, 0.25) is 5.91 Å². The number of nitrogens with zero attached hydrogens (tertiary/aromatic N) is 2. The molecule has 2 fully saturated rings. The van der Waals surface area contributed by atoms with E-state index < -0.39 is 0 Å². The van der Waals surface area contributed by atoms with Gasteiger partial charge >= 0.3 is 0 Å². The van der Waals surface area contributed by atoms with Gasteiger partial charge in [-0.05, 0) is 19.3 Å². The second kappa shape index (κ2) is 6.11. The molecule has 1 atom stereocenters. The Kier molecular flexibility index (Phi) is 4.21. The number of carbonyl (C=O) groups is 2. The van der Waals surface area contributed by atoms with Crippen molar-refractivity contribution in [2.45, 2.75) is 32.2 Å². The minimum absolute atomic E-state index is 0.0303. The molecule has 1 aliphatic heterocycles. The minimum Gasteiger partial charge on any atom is -0.381 e. The van der Waals surface area contributed by atoms with E-state index >= 15 is 0 Å². The largest absolute Gasteiger partial charge is 0.381 e. The van der Waals surface area contributed by atoms with Crippen molar-refractivity contribution in [2.75, 3.05) is 25.1 Å². The number of aromatic nitrogens is 1. The van der Waals surface area contributed by atoms with Crippen LogP contribution in [0, 0.1) is 5.92 Å². The molecule has 3 rings (SSSR count). The summed E-state index contributed by atoms with van der Waals surface area (Å²) in [5, 5.41) is 4.81. The van der Waals surface area contributed by atoms with E-state index in [1.807, 2.05) is 4.90 Å². The molecule has 1 aromatic heterocycles. The summed E-state index contributed by atoms with van der Waals surface area (Å²) in [5.74, 6) is 0.228. The lowest BCUT2D eigenvalue weighted by Gasteiger charge is -2.24. The molecule has 21 heavy (non-hydrogen) atoms. The van der Waals surface area contributed by atoms with Crippen LogP contribution in [0.3, 0.4) is 0 Å². The highest BCUT2D eigenvalue weighted by molar-refractivity contribution is 7.14. The summed E-state index contributed by atoms with van der Waals surface area (Å²) in [6.07, 6.45) is 3.16. The van der Waals surface area contributed by atoms with Crippen LogP contribution < -0.4 is 5.32 Å². The fraction of sp³-hybridized carbons (Fsp3) is 0.643. The zero-order valence-corrected chi connectivity index (χ0v) is 12.8. The van der Waals surface area contributed by atoms with Crippen LogP contribution in [0.2, 0.25) is 0 Å². The smallest absolute Gasteiger partial charge is 0.273 e. The predicted molar refractivity (Wildman–Crippen MR) is 79.4 cm³/mol. The van der Waals surface area contributed by atoms with Gasteiger partial charge in [0.25, 0.3) is 5.91 Å². The lowest BCUT2D eigenvalue weighted by atomic mass is 10.1. The standard InChI is InChI=1S/C14H19N3O3S/c1-9(18)15-14-16-12(8-21-14)13(19)17(11-2-3-11)6-10-4-5-20-7-10/h8,10-11H,2-7H2,1H3,(H,15,16,18)/t10-/m0/s1. The number of amides is 2. The van der Waals surface area contributed by atoms with Crippen LogP contribution in [0.5, 0.6) is 0 Å². The number of hydrogen-bond donors (Lipinski definition) is 1. The van der Waals surface area contributed by atoms with Crippen molar-refractivity contribution >= 4 is 28.3 Å². The maximum Gasteiger partial charge on any atom is 0.273 e. The summed E-state index contributed by atoms with van der Waals surface area (Å²) in [6, 6.07) is 0.351. The molecule has 2 amide bonds. The van der Waals surface area contributed by atoms with Crippen molar-refractivity contribution in [3.8, 4) is 0 Å². The Morgan fingerprint density at radius 1 is 1.48 bits per heavy atom. The number of anilines is 1. The third-order valence-electron chi connectivity index (χ3n) is 3.73. The number of thiazole rings is 1. The molecule has 1 saturated heterocycles. The lowest BCUT2D eigenvalue weighted by molar-refractivity contribution is -0.114. The van der Waals surface area contributed by atoms with E-state index in [0.717, 1.165) is 39.0 Å². The van der Waals surface area contributed by atoms with Gasteiger partial charge < -0.3 is 15.0 Å². The Morgan fingerprint density at radius 2 is 2.29 bits per heavy atom. The molecule has 0 aromatic carbocycles. The van der Waals surface area contributed by atoms with Gasteiger partial charge in [0, 0.05) is 37.4 Å². The van der Waals surface area contributed by atoms with E-state index in [1.165, 1.54) is 18.3 Å². The molecule has 0 spiro atoms. The maximum atomic E-state index is 12.6. The van der Waals surface area contributed by atoms with Gasteiger partial charge in [-0.3, -0.25) is 9.59 Å². The second-order valence-electron chi connectivity index (χ2n) is 5.64. The first-order valence-corrected chi connectivity index (χ1v) is 8.13. The van der Waals surface area contributed by atoms with Crippen LogP contribution in [-0.2, 0) is 9.53 Å². The molecule has 0 radical (unpaired) electrons. The van der Waals surface area contributed by atoms with E-state index in [0.29, 0.717) is 22.8 Å². The molecular weight excluding hydrogens is 290 g/mol. The first kappa shape index (κ1) is 14.5. The number of ether oxygens (including phenoxy) is 1. The Labute approximate surface area is 127 Å². The van der Waals surface area contributed by atoms with E-state index in [2.05, 4.69) is 10.3 Å². The normalized spacial score (nSPS) is 21.3. The summed E-state index contributed by atoms with van der Waals surface area (Å²) in [7, 11) is 0. The fourth-order valence-corrected chi connectivity index (χ4v) is 3.25. The van der Waals surface area contributed by atoms with Gasteiger partial charge in [-0.2, -0.15) is 0 Å². The van der Waals surface area contributed by atoms with Gasteiger partial charge in [0.15, 0.2) is 5.13 Å². The van der Waals surface area contributed by atoms with Gasteiger partial charge in [0.1, 0.15) is 5.69 Å². The number of rotatable bonds is 5. The minimum atomic E-state index is -0.175. The van der Waals surface area contributed by atoms with Gasteiger partial charge in [-0.25, -0.2) is 4.98 Å². The van der Waals surface area contributed by atoms with Gasteiger partial charge in [0.05, 0.1) is 6.61 Å². The predicted octanol–water partition coefficient (Wildman–Crippen LogP) is 1.74. The number of hydrogen-bond acceptors (Lipinski definition) is 5. The molecule has 2 heterocycles. The molecule has 0 bridgehead atoms. The highest BCUT2D eigenvalue weighted by Crippen LogP contribution is 2.31. The first-order chi connectivity index (χ1) is 10.1. The molecule has 1 aliphatic carbocycles. The molecule has 1 saturated carbocycles. The molecule has 0 unspecified atom stereocenters.